The average molecular weight is 592 g/mol. The first kappa shape index (κ1) is 30.5. The monoisotopic (exact) mass is 591 g/mol. The summed E-state index contributed by atoms with van der Waals surface area (Å²) in [5, 5.41) is 32.4. The molecule has 15 heteroatoms. The van der Waals surface area contributed by atoms with Gasteiger partial charge in [-0.2, -0.15) is 0 Å². The van der Waals surface area contributed by atoms with Gasteiger partial charge in [-0.05, 0) is 31.2 Å². The topological polar surface area (TPSA) is 201 Å². The molecule has 14 nitrogen and oxygen atoms in total. The van der Waals surface area contributed by atoms with Gasteiger partial charge in [-0.15, -0.1) is 0 Å². The molecule has 2 aromatic heterocycles. The van der Waals surface area contributed by atoms with Crippen LogP contribution < -0.4 is 10.5 Å². The first-order chi connectivity index (χ1) is 19.6. The SMILES string of the molecule is CCOC(=O)c1ccc(OC[C@H](O)CSc2nc3c(N)ncnc3n2[C@@H]2O[C@H](COC(=O)C(C)C)[C@@H](O)[C@H]2O)cc1. The first-order valence-electron chi connectivity index (χ1n) is 13.0. The van der Waals surface area contributed by atoms with E-state index in [9.17, 15) is 24.9 Å². The number of hydrogen-bond donors (Lipinski definition) is 4. The largest absolute Gasteiger partial charge is 0.491 e. The Morgan fingerprint density at radius 3 is 2.56 bits per heavy atom. The zero-order valence-electron chi connectivity index (χ0n) is 22.7. The normalized spacial score (nSPS) is 21.2. The van der Waals surface area contributed by atoms with Crippen molar-refractivity contribution < 1.29 is 43.9 Å². The summed E-state index contributed by atoms with van der Waals surface area (Å²) >= 11 is 1.13. The molecule has 3 aromatic rings. The molecule has 222 valence electrons. The number of nitrogens with zero attached hydrogens (tertiary/aromatic N) is 4. The maximum Gasteiger partial charge on any atom is 0.338 e. The zero-order valence-corrected chi connectivity index (χ0v) is 23.6. The Balaban J connectivity index is 1.44. The highest BCUT2D eigenvalue weighted by Crippen LogP contribution is 2.36. The molecule has 0 saturated carbocycles. The lowest BCUT2D eigenvalue weighted by atomic mass is 10.1. The van der Waals surface area contributed by atoms with E-state index in [-0.39, 0.29) is 48.5 Å². The number of aliphatic hydroxyl groups is 3. The van der Waals surface area contributed by atoms with Crippen LogP contribution in [0.15, 0.2) is 35.7 Å². The van der Waals surface area contributed by atoms with E-state index in [1.165, 1.54) is 10.9 Å². The van der Waals surface area contributed by atoms with Crippen LogP contribution in [0.2, 0.25) is 0 Å². The summed E-state index contributed by atoms with van der Waals surface area (Å²) in [6, 6.07) is 6.35. The fourth-order valence-corrected chi connectivity index (χ4v) is 4.88. The van der Waals surface area contributed by atoms with E-state index in [1.54, 1.807) is 45.0 Å². The molecule has 0 bridgehead atoms. The van der Waals surface area contributed by atoms with Gasteiger partial charge in [-0.3, -0.25) is 9.36 Å². The van der Waals surface area contributed by atoms with Crippen LogP contribution in [0.1, 0.15) is 37.4 Å². The molecule has 0 unspecified atom stereocenters. The van der Waals surface area contributed by atoms with Crippen molar-refractivity contribution in [2.75, 3.05) is 31.3 Å². The molecule has 4 rings (SSSR count). The van der Waals surface area contributed by atoms with Crippen LogP contribution >= 0.6 is 11.8 Å². The summed E-state index contributed by atoms with van der Waals surface area (Å²) in [4.78, 5) is 36.4. The maximum atomic E-state index is 11.9. The minimum atomic E-state index is -1.41. The molecule has 1 aliphatic rings. The molecule has 0 aliphatic carbocycles. The minimum absolute atomic E-state index is 0.0571. The Morgan fingerprint density at radius 1 is 1.15 bits per heavy atom. The fourth-order valence-electron chi connectivity index (χ4n) is 3.96. The van der Waals surface area contributed by atoms with E-state index >= 15 is 0 Å². The maximum absolute atomic E-state index is 11.9. The highest BCUT2D eigenvalue weighted by atomic mass is 32.2. The number of imidazole rings is 1. The lowest BCUT2D eigenvalue weighted by Crippen LogP contribution is -2.34. The van der Waals surface area contributed by atoms with E-state index < -0.39 is 42.6 Å². The standard InChI is InChI=1S/C26H33N5O9S/c1-4-37-25(36)14-5-7-16(8-6-14)38-9-15(32)11-41-26-30-18-21(27)28-12-29-22(18)31(26)23-20(34)19(33)17(40-23)10-39-24(35)13(2)3/h5-8,12-13,15,17,19-20,23,32-34H,4,9-11H2,1-3H3,(H2,27,28,29)/t15-,17+,19+,20+,23+/m0/s1. The number of carbonyl (C=O) groups is 2. The summed E-state index contributed by atoms with van der Waals surface area (Å²) in [7, 11) is 0. The Kier molecular flexibility index (Phi) is 9.99. The van der Waals surface area contributed by atoms with Gasteiger partial charge in [0.05, 0.1) is 24.2 Å². The molecular weight excluding hydrogens is 558 g/mol. The van der Waals surface area contributed by atoms with E-state index in [0.717, 1.165) is 11.8 Å². The van der Waals surface area contributed by atoms with E-state index in [2.05, 4.69) is 15.0 Å². The van der Waals surface area contributed by atoms with Gasteiger partial charge in [0.25, 0.3) is 0 Å². The van der Waals surface area contributed by atoms with Gasteiger partial charge in [0, 0.05) is 5.75 Å². The number of benzene rings is 1. The molecule has 1 aliphatic heterocycles. The predicted molar refractivity (Wildman–Crippen MR) is 146 cm³/mol. The molecular formula is C26H33N5O9S. The van der Waals surface area contributed by atoms with Crippen molar-refractivity contribution in [2.24, 2.45) is 5.92 Å². The Labute approximate surface area is 239 Å². The molecule has 0 amide bonds. The van der Waals surface area contributed by atoms with Crippen molar-refractivity contribution in [3.63, 3.8) is 0 Å². The first-order valence-corrected chi connectivity index (χ1v) is 14.0. The van der Waals surface area contributed by atoms with E-state index in [0.29, 0.717) is 16.5 Å². The number of rotatable bonds is 12. The van der Waals surface area contributed by atoms with Gasteiger partial charge >= 0.3 is 11.9 Å². The Hall–Kier alpha value is -3.50. The van der Waals surface area contributed by atoms with Crippen LogP contribution in [0.5, 0.6) is 5.75 Å². The molecule has 41 heavy (non-hydrogen) atoms. The van der Waals surface area contributed by atoms with Crippen molar-refractivity contribution >= 4 is 40.7 Å². The van der Waals surface area contributed by atoms with Gasteiger partial charge in [0.2, 0.25) is 0 Å². The second-order valence-corrected chi connectivity index (χ2v) is 10.5. The third kappa shape index (κ3) is 7.05. The van der Waals surface area contributed by atoms with Gasteiger partial charge < -0.3 is 40.0 Å². The molecule has 3 heterocycles. The highest BCUT2D eigenvalue weighted by Gasteiger charge is 2.46. The predicted octanol–water partition coefficient (Wildman–Crippen LogP) is 0.936. The number of aromatic nitrogens is 4. The minimum Gasteiger partial charge on any atom is -0.491 e. The number of ether oxygens (including phenoxy) is 4. The summed E-state index contributed by atoms with van der Waals surface area (Å²) in [6.45, 7) is 5.04. The Bertz CT molecular complexity index is 1350. The van der Waals surface area contributed by atoms with Crippen LogP contribution in [0, 0.1) is 5.92 Å². The van der Waals surface area contributed by atoms with Crippen molar-refractivity contribution in [1.82, 2.24) is 19.5 Å². The number of aliphatic hydroxyl groups excluding tert-OH is 3. The number of anilines is 1. The third-order valence-electron chi connectivity index (χ3n) is 6.14. The molecule has 5 N–H and O–H groups in total. The average Bonchev–Trinajstić information content (AvgIpc) is 3.46. The zero-order chi connectivity index (χ0) is 29.7. The van der Waals surface area contributed by atoms with Crippen LogP contribution in [-0.2, 0) is 19.0 Å². The van der Waals surface area contributed by atoms with Crippen LogP contribution in [0.25, 0.3) is 11.2 Å². The lowest BCUT2D eigenvalue weighted by molar-refractivity contribution is -0.153. The molecule has 5 atom stereocenters. The molecule has 0 spiro atoms. The van der Waals surface area contributed by atoms with Gasteiger partial charge in [-0.25, -0.2) is 19.7 Å². The van der Waals surface area contributed by atoms with E-state index in [1.807, 2.05) is 0 Å². The second kappa shape index (κ2) is 13.4. The number of hydrogen-bond acceptors (Lipinski definition) is 14. The Morgan fingerprint density at radius 2 is 1.88 bits per heavy atom. The quantitative estimate of drug-likeness (QED) is 0.171. The number of nitrogens with two attached hydrogens (primary N) is 1. The second-order valence-electron chi connectivity index (χ2n) is 9.55. The summed E-state index contributed by atoms with van der Waals surface area (Å²) in [6.07, 6.45) is -4.60. The molecule has 1 aromatic carbocycles. The van der Waals surface area contributed by atoms with Gasteiger partial charge in [0.15, 0.2) is 28.4 Å². The number of thioether (sulfide) groups is 1. The number of fused-ring (bicyclic) bond motifs is 1. The fraction of sp³-hybridized carbons (Fsp3) is 0.500. The lowest BCUT2D eigenvalue weighted by Gasteiger charge is -2.19. The van der Waals surface area contributed by atoms with E-state index in [4.69, 9.17) is 24.7 Å². The smallest absolute Gasteiger partial charge is 0.338 e. The van der Waals surface area contributed by atoms with Crippen molar-refractivity contribution in [2.45, 2.75) is 56.6 Å². The number of esters is 2. The van der Waals surface area contributed by atoms with Crippen LogP contribution in [0.3, 0.4) is 0 Å². The van der Waals surface area contributed by atoms with Crippen LogP contribution in [0.4, 0.5) is 5.82 Å². The third-order valence-corrected chi connectivity index (χ3v) is 7.24. The summed E-state index contributed by atoms with van der Waals surface area (Å²) in [5.41, 5.74) is 6.90. The summed E-state index contributed by atoms with van der Waals surface area (Å²) < 4.78 is 23.2. The van der Waals surface area contributed by atoms with Crippen molar-refractivity contribution in [3.05, 3.63) is 36.2 Å². The highest BCUT2D eigenvalue weighted by molar-refractivity contribution is 7.99. The van der Waals surface area contributed by atoms with Crippen LogP contribution in [-0.4, -0.2) is 96.8 Å². The number of carbonyl (C=O) groups excluding carboxylic acids is 2. The molecule has 1 saturated heterocycles. The van der Waals surface area contributed by atoms with Crippen molar-refractivity contribution in [3.8, 4) is 5.75 Å². The van der Waals surface area contributed by atoms with Gasteiger partial charge in [-0.1, -0.05) is 25.6 Å². The van der Waals surface area contributed by atoms with Gasteiger partial charge in [0.1, 0.15) is 43.6 Å². The molecule has 0 radical (unpaired) electrons. The summed E-state index contributed by atoms with van der Waals surface area (Å²) in [5.74, 6) is -0.586. The van der Waals surface area contributed by atoms with Crippen molar-refractivity contribution in [1.29, 1.82) is 0 Å². The number of nitrogen functional groups attached to an aromatic ring is 1. The molecule has 1 fully saturated rings.